The second-order valence-electron chi connectivity index (χ2n) is 3.60. The topological polar surface area (TPSA) is 49.8 Å². The number of hydrogen-bond acceptors (Lipinski definition) is 2. The molecule has 1 atom stereocenters. The molecule has 1 aromatic carbocycles. The maximum atomic E-state index is 8.61. The quantitative estimate of drug-likeness (QED) is 0.812. The number of nitrogens with zero attached hydrogens (tertiary/aromatic N) is 1. The van der Waals surface area contributed by atoms with Gasteiger partial charge >= 0.3 is 0 Å². The molecule has 0 spiro atoms. The van der Waals surface area contributed by atoms with Gasteiger partial charge < -0.3 is 5.73 Å². The first-order valence-corrected chi connectivity index (χ1v) is 4.57. The molecule has 0 aromatic heterocycles. The number of nitrogens with two attached hydrogens (primary N) is 1. The molecule has 0 radical (unpaired) electrons. The van der Waals surface area contributed by atoms with E-state index in [1.54, 1.807) is 0 Å². The second-order valence-corrected chi connectivity index (χ2v) is 3.60. The van der Waals surface area contributed by atoms with Gasteiger partial charge in [-0.1, -0.05) is 12.1 Å². The molecule has 1 saturated carbocycles. The van der Waals surface area contributed by atoms with Crippen molar-refractivity contribution in [1.29, 1.82) is 5.26 Å². The molecule has 0 bridgehead atoms. The molecule has 0 aliphatic heterocycles. The Morgan fingerprint density at radius 1 is 1.29 bits per heavy atom. The van der Waals surface area contributed by atoms with Crippen molar-refractivity contribution < 1.29 is 0 Å². The van der Waals surface area contributed by atoms with Crippen LogP contribution in [0, 0.1) is 17.2 Å². The van der Waals surface area contributed by atoms with Crippen LogP contribution in [0.1, 0.15) is 30.0 Å². The molecule has 2 rings (SSSR count). The summed E-state index contributed by atoms with van der Waals surface area (Å²) in [6.07, 6.45) is 2.50. The van der Waals surface area contributed by atoms with Crippen molar-refractivity contribution in [3.05, 3.63) is 35.4 Å². The maximum Gasteiger partial charge on any atom is 0.0991 e. The van der Waals surface area contributed by atoms with Gasteiger partial charge in [0, 0.05) is 6.04 Å². The summed E-state index contributed by atoms with van der Waals surface area (Å²) in [5, 5.41) is 8.61. The van der Waals surface area contributed by atoms with Crippen LogP contribution in [0.3, 0.4) is 0 Å². The van der Waals surface area contributed by atoms with Crippen LogP contribution < -0.4 is 5.73 Å². The normalized spacial score (nSPS) is 16.6. The van der Waals surface area contributed by atoms with E-state index in [4.69, 9.17) is 11.0 Å². The largest absolute Gasteiger partial charge is 0.324 e. The summed E-state index contributed by atoms with van der Waals surface area (Å²) in [6.45, 7) is 0. The first-order valence-electron chi connectivity index (χ1n) is 4.57. The lowest BCUT2D eigenvalue weighted by molar-refractivity contribution is 0.633. The lowest BCUT2D eigenvalue weighted by Gasteiger charge is -2.09. The number of benzene rings is 1. The average Bonchev–Trinajstić information content (AvgIpc) is 3.00. The van der Waals surface area contributed by atoms with Crippen LogP contribution in [0.2, 0.25) is 0 Å². The summed E-state index contributed by atoms with van der Waals surface area (Å²) in [6, 6.07) is 9.85. The highest BCUT2D eigenvalue weighted by Gasteiger charge is 2.29. The third-order valence-electron chi connectivity index (χ3n) is 2.55. The lowest BCUT2D eigenvalue weighted by atomic mass is 10.0. The van der Waals surface area contributed by atoms with E-state index in [2.05, 4.69) is 6.07 Å². The monoisotopic (exact) mass is 208 g/mol. The molecule has 0 saturated heterocycles. The molecular weight excluding hydrogens is 196 g/mol. The molecule has 1 aromatic rings. The van der Waals surface area contributed by atoms with Crippen molar-refractivity contribution >= 4 is 12.4 Å². The molecule has 2 N–H and O–H groups in total. The zero-order chi connectivity index (χ0) is 9.26. The first-order chi connectivity index (χ1) is 6.31. The van der Waals surface area contributed by atoms with E-state index in [-0.39, 0.29) is 18.4 Å². The van der Waals surface area contributed by atoms with Gasteiger partial charge in [-0.05, 0) is 36.5 Å². The number of rotatable bonds is 2. The van der Waals surface area contributed by atoms with E-state index in [9.17, 15) is 0 Å². The summed E-state index contributed by atoms with van der Waals surface area (Å²) < 4.78 is 0. The zero-order valence-corrected chi connectivity index (χ0v) is 8.63. The van der Waals surface area contributed by atoms with Crippen molar-refractivity contribution in [2.75, 3.05) is 0 Å². The molecule has 1 aliphatic rings. The summed E-state index contributed by atoms with van der Waals surface area (Å²) in [7, 11) is 0. The highest BCUT2D eigenvalue weighted by atomic mass is 35.5. The van der Waals surface area contributed by atoms with Crippen molar-refractivity contribution in [2.45, 2.75) is 18.9 Å². The minimum Gasteiger partial charge on any atom is -0.324 e. The highest BCUT2D eigenvalue weighted by molar-refractivity contribution is 5.85. The zero-order valence-electron chi connectivity index (χ0n) is 7.81. The van der Waals surface area contributed by atoms with Gasteiger partial charge in [0.25, 0.3) is 0 Å². The van der Waals surface area contributed by atoms with Crippen molar-refractivity contribution in [1.82, 2.24) is 0 Å². The smallest absolute Gasteiger partial charge is 0.0991 e. The van der Waals surface area contributed by atoms with Crippen molar-refractivity contribution in [3.63, 3.8) is 0 Å². The summed E-state index contributed by atoms with van der Waals surface area (Å²) in [5.74, 6) is 0.674. The van der Waals surface area contributed by atoms with Gasteiger partial charge in [-0.25, -0.2) is 0 Å². The van der Waals surface area contributed by atoms with E-state index in [0.29, 0.717) is 11.5 Å². The molecule has 3 heteroatoms. The van der Waals surface area contributed by atoms with Crippen LogP contribution in [0.4, 0.5) is 0 Å². The average molecular weight is 209 g/mol. The van der Waals surface area contributed by atoms with E-state index in [1.807, 2.05) is 24.3 Å². The predicted octanol–water partition coefficient (Wildman–Crippen LogP) is 2.39. The highest BCUT2D eigenvalue weighted by Crippen LogP contribution is 2.39. The van der Waals surface area contributed by atoms with Crippen LogP contribution in [0.25, 0.3) is 0 Å². The van der Waals surface area contributed by atoms with E-state index >= 15 is 0 Å². The van der Waals surface area contributed by atoms with Gasteiger partial charge in [-0.3, -0.25) is 0 Å². The Morgan fingerprint density at radius 2 is 1.86 bits per heavy atom. The molecule has 1 aliphatic carbocycles. The van der Waals surface area contributed by atoms with E-state index in [0.717, 1.165) is 5.56 Å². The Bertz CT molecular complexity index is 335. The SMILES string of the molecule is Cl.N#Cc1ccc(C(N)C2CC2)cc1. The fourth-order valence-corrected chi connectivity index (χ4v) is 1.51. The molecule has 1 fully saturated rings. The molecule has 2 nitrogen and oxygen atoms in total. The standard InChI is InChI=1S/C11H12N2.ClH/c12-7-8-1-3-9(4-2-8)11(13)10-5-6-10;/h1-4,10-11H,5-6,13H2;1H. The molecule has 74 valence electrons. The van der Waals surface area contributed by atoms with Crippen LogP contribution in [-0.2, 0) is 0 Å². The van der Waals surface area contributed by atoms with E-state index in [1.165, 1.54) is 12.8 Å². The second kappa shape index (κ2) is 4.45. The van der Waals surface area contributed by atoms with Gasteiger partial charge in [-0.15, -0.1) is 12.4 Å². The minimum atomic E-state index is 0. The predicted molar refractivity (Wildman–Crippen MR) is 58.1 cm³/mol. The summed E-state index contributed by atoms with van der Waals surface area (Å²) in [4.78, 5) is 0. The molecule has 14 heavy (non-hydrogen) atoms. The van der Waals surface area contributed by atoms with Gasteiger partial charge in [0.15, 0.2) is 0 Å². The Labute approximate surface area is 90.1 Å². The van der Waals surface area contributed by atoms with Gasteiger partial charge in [-0.2, -0.15) is 5.26 Å². The Morgan fingerprint density at radius 3 is 2.29 bits per heavy atom. The molecular formula is C11H13ClN2. The fourth-order valence-electron chi connectivity index (χ4n) is 1.51. The number of halogens is 1. The van der Waals surface area contributed by atoms with Crippen LogP contribution in [0.15, 0.2) is 24.3 Å². The Kier molecular flexibility index (Phi) is 3.51. The van der Waals surface area contributed by atoms with Crippen molar-refractivity contribution in [3.8, 4) is 6.07 Å². The van der Waals surface area contributed by atoms with Crippen LogP contribution in [-0.4, -0.2) is 0 Å². The van der Waals surface area contributed by atoms with E-state index < -0.39 is 0 Å². The van der Waals surface area contributed by atoms with Crippen LogP contribution >= 0.6 is 12.4 Å². The third-order valence-corrected chi connectivity index (χ3v) is 2.55. The Hall–Kier alpha value is -1.04. The lowest BCUT2D eigenvalue weighted by Crippen LogP contribution is -2.11. The number of hydrogen-bond donors (Lipinski definition) is 1. The van der Waals surface area contributed by atoms with Gasteiger partial charge in [0.2, 0.25) is 0 Å². The molecule has 0 amide bonds. The first kappa shape index (κ1) is 11.0. The summed E-state index contributed by atoms with van der Waals surface area (Å²) >= 11 is 0. The Balaban J connectivity index is 0.000000980. The van der Waals surface area contributed by atoms with Crippen LogP contribution in [0.5, 0.6) is 0 Å². The van der Waals surface area contributed by atoms with Gasteiger partial charge in [0.1, 0.15) is 0 Å². The third kappa shape index (κ3) is 2.25. The van der Waals surface area contributed by atoms with Gasteiger partial charge in [0.05, 0.1) is 11.6 Å². The molecule has 0 heterocycles. The minimum absolute atomic E-state index is 0. The summed E-state index contributed by atoms with van der Waals surface area (Å²) in [5.41, 5.74) is 7.86. The molecule has 1 unspecified atom stereocenters. The van der Waals surface area contributed by atoms with Crippen molar-refractivity contribution in [2.24, 2.45) is 11.7 Å². The fraction of sp³-hybridized carbons (Fsp3) is 0.364. The number of nitriles is 1. The maximum absolute atomic E-state index is 8.61.